The maximum Gasteiger partial charge on any atom is 0.272 e. The van der Waals surface area contributed by atoms with Crippen LogP contribution in [0.3, 0.4) is 0 Å². The van der Waals surface area contributed by atoms with Crippen LogP contribution in [0.2, 0.25) is 0 Å². The topological polar surface area (TPSA) is 105 Å². The summed E-state index contributed by atoms with van der Waals surface area (Å²) in [5.74, 6) is -2.06. The number of carbonyl (C=O) groups is 3. The van der Waals surface area contributed by atoms with Crippen LogP contribution in [0.15, 0.2) is 72.2 Å². The molecule has 2 aliphatic rings. The van der Waals surface area contributed by atoms with E-state index in [4.69, 9.17) is 10.7 Å². The molecular formula is C31H38N4O3. The molecule has 1 aliphatic carbocycles. The number of nitrogens with one attached hydrogen (secondary N) is 1. The van der Waals surface area contributed by atoms with Gasteiger partial charge in [-0.1, -0.05) is 74.9 Å². The number of nitrogens with zero attached hydrogens (tertiary/aromatic N) is 2. The number of aliphatic imine (C=N–C) groups is 1. The molecule has 1 aliphatic heterocycles. The van der Waals surface area contributed by atoms with Crippen LogP contribution in [0.5, 0.6) is 0 Å². The molecule has 3 amide bonds. The number of benzodiazepines with no additional fused rings is 1. The highest BCUT2D eigenvalue weighted by atomic mass is 16.2. The van der Waals surface area contributed by atoms with E-state index in [1.165, 1.54) is 0 Å². The maximum atomic E-state index is 14.1. The fraction of sp³-hybridized carbons (Fsp3) is 0.419. The Morgan fingerprint density at radius 2 is 1.79 bits per heavy atom. The van der Waals surface area contributed by atoms with Gasteiger partial charge in [-0.05, 0) is 43.6 Å². The molecule has 0 aromatic heterocycles. The lowest BCUT2D eigenvalue weighted by Crippen LogP contribution is -2.52. The number of hydrogen-bond acceptors (Lipinski definition) is 4. The fourth-order valence-electron chi connectivity index (χ4n) is 5.33. The Bertz CT molecular complexity index is 1200. The number of carbonyl (C=O) groups excluding carboxylic acids is 3. The van der Waals surface area contributed by atoms with Gasteiger partial charge in [-0.15, -0.1) is 6.58 Å². The molecule has 3 unspecified atom stereocenters. The van der Waals surface area contributed by atoms with E-state index in [1.807, 2.05) is 68.4 Å². The van der Waals surface area contributed by atoms with E-state index in [2.05, 4.69) is 11.9 Å². The number of rotatable bonds is 11. The van der Waals surface area contributed by atoms with Crippen molar-refractivity contribution in [2.45, 2.75) is 52.1 Å². The second-order valence-corrected chi connectivity index (χ2v) is 10.8. The van der Waals surface area contributed by atoms with Crippen LogP contribution in [0.1, 0.15) is 57.1 Å². The van der Waals surface area contributed by atoms with Gasteiger partial charge in [-0.25, -0.2) is 4.99 Å². The monoisotopic (exact) mass is 514 g/mol. The van der Waals surface area contributed by atoms with Gasteiger partial charge in [0.2, 0.25) is 18.0 Å². The molecule has 7 heteroatoms. The molecule has 0 radical (unpaired) electrons. The molecule has 3 atom stereocenters. The number of benzene rings is 2. The van der Waals surface area contributed by atoms with Crippen molar-refractivity contribution in [3.8, 4) is 0 Å². The van der Waals surface area contributed by atoms with Gasteiger partial charge in [-0.3, -0.25) is 14.4 Å². The zero-order valence-corrected chi connectivity index (χ0v) is 22.3. The van der Waals surface area contributed by atoms with Crippen LogP contribution in [-0.2, 0) is 14.4 Å². The van der Waals surface area contributed by atoms with Gasteiger partial charge >= 0.3 is 0 Å². The number of para-hydroxylation sites is 1. The molecule has 1 saturated carbocycles. The van der Waals surface area contributed by atoms with Crippen molar-refractivity contribution in [2.24, 2.45) is 34.4 Å². The SMILES string of the molecule is C=CCC(C(N)=O)C(CC(C)C)C(=O)NC1N=C(c2ccccc2)c2ccccc2N(CC2CCC2)C1=O. The zero-order chi connectivity index (χ0) is 27.2. The van der Waals surface area contributed by atoms with E-state index in [9.17, 15) is 14.4 Å². The average Bonchev–Trinajstić information content (AvgIpc) is 2.98. The Hall–Kier alpha value is -3.74. The summed E-state index contributed by atoms with van der Waals surface area (Å²) in [6, 6.07) is 17.5. The van der Waals surface area contributed by atoms with E-state index >= 15 is 0 Å². The van der Waals surface area contributed by atoms with Crippen molar-refractivity contribution in [3.63, 3.8) is 0 Å². The van der Waals surface area contributed by atoms with Crippen LogP contribution in [0, 0.1) is 23.7 Å². The van der Waals surface area contributed by atoms with Crippen molar-refractivity contribution in [2.75, 3.05) is 11.4 Å². The van der Waals surface area contributed by atoms with Crippen molar-refractivity contribution >= 4 is 29.1 Å². The molecule has 0 bridgehead atoms. The molecule has 0 spiro atoms. The summed E-state index contributed by atoms with van der Waals surface area (Å²) in [4.78, 5) is 46.8. The first-order valence-corrected chi connectivity index (χ1v) is 13.5. The molecular weight excluding hydrogens is 476 g/mol. The van der Waals surface area contributed by atoms with Crippen molar-refractivity contribution in [1.29, 1.82) is 0 Å². The summed E-state index contributed by atoms with van der Waals surface area (Å²) >= 11 is 0. The molecule has 2 aromatic carbocycles. The lowest BCUT2D eigenvalue weighted by Gasteiger charge is -2.34. The third kappa shape index (κ3) is 6.04. The van der Waals surface area contributed by atoms with Crippen LogP contribution < -0.4 is 16.0 Å². The lowest BCUT2D eigenvalue weighted by molar-refractivity contribution is -0.135. The molecule has 3 N–H and O–H groups in total. The number of hydrogen-bond donors (Lipinski definition) is 2. The number of fused-ring (bicyclic) bond motifs is 1. The van der Waals surface area contributed by atoms with Gasteiger partial charge in [0.15, 0.2) is 0 Å². The average molecular weight is 515 g/mol. The highest BCUT2D eigenvalue weighted by Crippen LogP contribution is 2.33. The Labute approximate surface area is 225 Å². The number of anilines is 1. The molecule has 7 nitrogen and oxygen atoms in total. The fourth-order valence-corrected chi connectivity index (χ4v) is 5.33. The van der Waals surface area contributed by atoms with Crippen LogP contribution >= 0.6 is 0 Å². The Morgan fingerprint density at radius 1 is 1.11 bits per heavy atom. The molecule has 1 heterocycles. The molecule has 1 fully saturated rings. The van der Waals surface area contributed by atoms with Crippen LogP contribution in [0.4, 0.5) is 5.69 Å². The van der Waals surface area contributed by atoms with Crippen molar-refractivity contribution < 1.29 is 14.4 Å². The summed E-state index contributed by atoms with van der Waals surface area (Å²) in [7, 11) is 0. The van der Waals surface area contributed by atoms with Gasteiger partial charge in [0.25, 0.3) is 5.91 Å². The number of amides is 3. The number of nitrogens with two attached hydrogens (primary N) is 1. The summed E-state index contributed by atoms with van der Waals surface area (Å²) in [5, 5.41) is 2.92. The Morgan fingerprint density at radius 3 is 2.39 bits per heavy atom. The minimum Gasteiger partial charge on any atom is -0.369 e. The van der Waals surface area contributed by atoms with E-state index in [1.54, 1.807) is 11.0 Å². The number of allylic oxidation sites excluding steroid dienone is 1. The molecule has 0 saturated heterocycles. The van der Waals surface area contributed by atoms with Gasteiger partial charge in [0, 0.05) is 17.7 Å². The van der Waals surface area contributed by atoms with Crippen LogP contribution in [-0.4, -0.2) is 36.1 Å². The second kappa shape index (κ2) is 12.2. The summed E-state index contributed by atoms with van der Waals surface area (Å²) in [6.07, 6.45) is 4.54. The Kier molecular flexibility index (Phi) is 8.77. The summed E-state index contributed by atoms with van der Waals surface area (Å²) < 4.78 is 0. The first-order valence-electron chi connectivity index (χ1n) is 13.5. The zero-order valence-electron chi connectivity index (χ0n) is 22.3. The predicted octanol–water partition coefficient (Wildman–Crippen LogP) is 4.45. The third-order valence-electron chi connectivity index (χ3n) is 7.53. The third-order valence-corrected chi connectivity index (χ3v) is 7.53. The maximum absolute atomic E-state index is 14.1. The molecule has 2 aromatic rings. The van der Waals surface area contributed by atoms with Gasteiger partial charge in [-0.2, -0.15) is 0 Å². The summed E-state index contributed by atoms with van der Waals surface area (Å²) in [5.41, 5.74) is 8.86. The van der Waals surface area contributed by atoms with Gasteiger partial charge in [0.1, 0.15) is 0 Å². The Balaban J connectivity index is 1.76. The molecule has 4 rings (SSSR count). The van der Waals surface area contributed by atoms with E-state index < -0.39 is 29.8 Å². The quantitative estimate of drug-likeness (QED) is 0.433. The van der Waals surface area contributed by atoms with Gasteiger partial charge in [0.05, 0.1) is 23.2 Å². The van der Waals surface area contributed by atoms with E-state index in [-0.39, 0.29) is 18.2 Å². The second-order valence-electron chi connectivity index (χ2n) is 10.8. The molecule has 200 valence electrons. The standard InChI is InChI=1S/C31H38N4O3/c1-4-11-23(28(32)36)25(18-20(2)3)30(37)34-29-31(38)35(19-21-12-10-13-21)26-17-9-8-16-24(26)27(33-29)22-14-6-5-7-15-22/h4-9,14-17,20-21,23,25,29H,1,10-13,18-19H2,2-3H3,(H2,32,36)(H,34,37). The normalized spacial score (nSPS) is 19.0. The predicted molar refractivity (Wildman–Crippen MR) is 151 cm³/mol. The minimum atomic E-state index is -1.13. The van der Waals surface area contributed by atoms with Crippen molar-refractivity contribution in [3.05, 3.63) is 78.4 Å². The minimum absolute atomic E-state index is 0.144. The largest absolute Gasteiger partial charge is 0.369 e. The first-order chi connectivity index (χ1) is 18.3. The van der Waals surface area contributed by atoms with Crippen LogP contribution in [0.25, 0.3) is 0 Å². The van der Waals surface area contributed by atoms with E-state index in [0.29, 0.717) is 24.6 Å². The van der Waals surface area contributed by atoms with Crippen molar-refractivity contribution in [1.82, 2.24) is 5.32 Å². The highest BCUT2D eigenvalue weighted by molar-refractivity contribution is 6.20. The first kappa shape index (κ1) is 27.3. The summed E-state index contributed by atoms with van der Waals surface area (Å²) in [6.45, 7) is 8.30. The smallest absolute Gasteiger partial charge is 0.272 e. The highest BCUT2D eigenvalue weighted by Gasteiger charge is 2.38. The van der Waals surface area contributed by atoms with Gasteiger partial charge < -0.3 is 16.0 Å². The van der Waals surface area contributed by atoms with E-state index in [0.717, 1.165) is 36.1 Å². The molecule has 38 heavy (non-hydrogen) atoms. The number of primary amides is 1. The lowest BCUT2D eigenvalue weighted by atomic mass is 9.82.